The number of aromatic nitrogens is 2. The lowest BCUT2D eigenvalue weighted by molar-refractivity contribution is 0.201. The van der Waals surface area contributed by atoms with Crippen LogP contribution >= 0.6 is 0 Å². The summed E-state index contributed by atoms with van der Waals surface area (Å²) in [5, 5.41) is 0. The van der Waals surface area contributed by atoms with E-state index in [4.69, 9.17) is 10.5 Å². The third kappa shape index (κ3) is 5.56. The quantitative estimate of drug-likeness (QED) is 0.713. The van der Waals surface area contributed by atoms with Crippen LogP contribution in [0.15, 0.2) is 46.4 Å². The Kier molecular flexibility index (Phi) is 6.86. The molecule has 1 aliphatic rings. The second-order valence-electron chi connectivity index (χ2n) is 7.96. The largest absolute Gasteiger partial charge is 0.474 e. The van der Waals surface area contributed by atoms with E-state index in [0.29, 0.717) is 24.0 Å². The number of pyridine rings is 2. The van der Waals surface area contributed by atoms with Crippen LogP contribution in [0.25, 0.3) is 5.57 Å². The van der Waals surface area contributed by atoms with Crippen molar-refractivity contribution in [3.63, 3.8) is 0 Å². The third-order valence-electron chi connectivity index (χ3n) is 5.02. The molecule has 0 unspecified atom stereocenters. The van der Waals surface area contributed by atoms with Crippen LogP contribution in [-0.4, -0.2) is 21.9 Å². The molecule has 6 nitrogen and oxygen atoms in total. The highest BCUT2D eigenvalue weighted by Crippen LogP contribution is 2.25. The topological polar surface area (TPSA) is 82.5 Å². The van der Waals surface area contributed by atoms with Gasteiger partial charge in [-0.3, -0.25) is 9.79 Å². The zero-order valence-electron chi connectivity index (χ0n) is 17.5. The van der Waals surface area contributed by atoms with E-state index in [-0.39, 0.29) is 11.7 Å². The van der Waals surface area contributed by atoms with Gasteiger partial charge in [-0.05, 0) is 50.7 Å². The summed E-state index contributed by atoms with van der Waals surface area (Å²) in [6.45, 7) is 6.76. The molecule has 29 heavy (non-hydrogen) atoms. The Morgan fingerprint density at radius 3 is 2.72 bits per heavy atom. The van der Waals surface area contributed by atoms with Crippen molar-refractivity contribution in [2.24, 2.45) is 16.6 Å². The van der Waals surface area contributed by atoms with Crippen molar-refractivity contribution < 1.29 is 4.74 Å². The number of aryl methyl sites for hydroxylation is 1. The van der Waals surface area contributed by atoms with Gasteiger partial charge in [-0.15, -0.1) is 0 Å². The first-order chi connectivity index (χ1) is 14.0. The van der Waals surface area contributed by atoms with Crippen molar-refractivity contribution in [2.75, 3.05) is 0 Å². The Bertz CT molecular complexity index is 954. The highest BCUT2D eigenvalue weighted by atomic mass is 16.5. The molecule has 3 rings (SSSR count). The Labute approximate surface area is 172 Å². The predicted octanol–water partition coefficient (Wildman–Crippen LogP) is 4.23. The van der Waals surface area contributed by atoms with Crippen molar-refractivity contribution in [1.82, 2.24) is 9.55 Å². The lowest BCUT2D eigenvalue weighted by atomic mass is 10.1. The predicted molar refractivity (Wildman–Crippen MR) is 118 cm³/mol. The number of nitrogens with zero attached hydrogens (tertiary/aromatic N) is 3. The maximum absolute atomic E-state index is 12.0. The van der Waals surface area contributed by atoms with Gasteiger partial charge in [-0.1, -0.05) is 13.8 Å². The maximum atomic E-state index is 12.0. The van der Waals surface area contributed by atoms with Crippen molar-refractivity contribution in [2.45, 2.75) is 59.1 Å². The highest BCUT2D eigenvalue weighted by Gasteiger charge is 2.17. The van der Waals surface area contributed by atoms with E-state index in [0.717, 1.165) is 29.7 Å². The summed E-state index contributed by atoms with van der Waals surface area (Å²) < 4.78 is 7.67. The van der Waals surface area contributed by atoms with E-state index in [1.165, 1.54) is 19.0 Å². The van der Waals surface area contributed by atoms with Gasteiger partial charge in [-0.25, -0.2) is 4.98 Å². The van der Waals surface area contributed by atoms with E-state index in [1.54, 1.807) is 29.1 Å². The Hall–Kier alpha value is -2.89. The summed E-state index contributed by atoms with van der Waals surface area (Å²) in [4.78, 5) is 21.1. The maximum Gasteiger partial charge on any atom is 0.250 e. The van der Waals surface area contributed by atoms with Gasteiger partial charge < -0.3 is 15.0 Å². The normalized spacial score (nSPS) is 15.5. The summed E-state index contributed by atoms with van der Waals surface area (Å²) in [7, 11) is 0. The van der Waals surface area contributed by atoms with Gasteiger partial charge in [0, 0.05) is 54.1 Å². The van der Waals surface area contributed by atoms with Gasteiger partial charge in [0.2, 0.25) is 5.88 Å². The average Bonchev–Trinajstić information content (AvgIpc) is 3.18. The second kappa shape index (κ2) is 9.54. The number of ether oxygens (including phenoxy) is 1. The molecule has 1 saturated carbocycles. The van der Waals surface area contributed by atoms with Gasteiger partial charge in [0.05, 0.1) is 5.69 Å². The first-order valence-corrected chi connectivity index (χ1v) is 10.3. The lowest BCUT2D eigenvalue weighted by Gasteiger charge is -2.14. The molecule has 2 N–H and O–H groups in total. The molecule has 0 atom stereocenters. The molecule has 0 spiro atoms. The number of allylic oxidation sites excluding steroid dienone is 1. The van der Waals surface area contributed by atoms with Crippen LogP contribution in [0.2, 0.25) is 0 Å². The molecule has 0 saturated heterocycles. The zero-order chi connectivity index (χ0) is 20.8. The van der Waals surface area contributed by atoms with Crippen LogP contribution in [0.4, 0.5) is 5.69 Å². The Morgan fingerprint density at radius 1 is 1.31 bits per heavy atom. The van der Waals surface area contributed by atoms with Gasteiger partial charge in [-0.2, -0.15) is 0 Å². The summed E-state index contributed by atoms with van der Waals surface area (Å²) in [6, 6.07) is 7.12. The van der Waals surface area contributed by atoms with E-state index in [9.17, 15) is 4.79 Å². The van der Waals surface area contributed by atoms with Gasteiger partial charge in [0.25, 0.3) is 5.56 Å². The SMILES string of the molecule is Cc1nc(OC2CCCC2)ccc1/C(C=Nc1ccc(=O)n(CC(C)C)c1)=C/N. The van der Waals surface area contributed by atoms with Crippen LogP contribution in [0, 0.1) is 12.8 Å². The minimum absolute atomic E-state index is 0.0230. The van der Waals surface area contributed by atoms with Crippen molar-refractivity contribution in [3.8, 4) is 5.88 Å². The Morgan fingerprint density at radius 2 is 2.07 bits per heavy atom. The third-order valence-corrected chi connectivity index (χ3v) is 5.02. The van der Waals surface area contributed by atoms with Crippen LogP contribution < -0.4 is 16.0 Å². The van der Waals surface area contributed by atoms with Gasteiger partial charge >= 0.3 is 0 Å². The molecule has 2 aromatic rings. The fraction of sp³-hybridized carbons (Fsp3) is 0.435. The van der Waals surface area contributed by atoms with Gasteiger partial charge in [0.1, 0.15) is 6.10 Å². The first kappa shape index (κ1) is 20.8. The van der Waals surface area contributed by atoms with Gasteiger partial charge in [0.15, 0.2) is 0 Å². The summed E-state index contributed by atoms with van der Waals surface area (Å²) >= 11 is 0. The average molecular weight is 395 g/mol. The molecule has 1 fully saturated rings. The molecule has 6 heteroatoms. The molecule has 0 amide bonds. The molecule has 2 heterocycles. The van der Waals surface area contributed by atoms with E-state index < -0.39 is 0 Å². The smallest absolute Gasteiger partial charge is 0.250 e. The minimum atomic E-state index is -0.0230. The first-order valence-electron chi connectivity index (χ1n) is 10.3. The molecule has 0 radical (unpaired) electrons. The monoisotopic (exact) mass is 394 g/mol. The summed E-state index contributed by atoms with van der Waals surface area (Å²) in [5.74, 6) is 1.04. The number of hydrogen-bond acceptors (Lipinski definition) is 5. The van der Waals surface area contributed by atoms with Crippen LogP contribution in [0.5, 0.6) is 5.88 Å². The Balaban J connectivity index is 1.77. The van der Waals surface area contributed by atoms with Crippen LogP contribution in [-0.2, 0) is 6.54 Å². The molecular formula is C23H30N4O2. The number of aliphatic imine (C=N–C) groups is 1. The van der Waals surface area contributed by atoms with Crippen LogP contribution in [0.3, 0.4) is 0 Å². The molecule has 154 valence electrons. The molecule has 0 bridgehead atoms. The summed E-state index contributed by atoms with van der Waals surface area (Å²) in [6.07, 6.45) is 9.93. The van der Waals surface area contributed by atoms with E-state index >= 15 is 0 Å². The lowest BCUT2D eigenvalue weighted by Crippen LogP contribution is -2.20. The van der Waals surface area contributed by atoms with Crippen molar-refractivity contribution >= 4 is 17.5 Å². The highest BCUT2D eigenvalue weighted by molar-refractivity contribution is 6.10. The molecule has 1 aliphatic carbocycles. The fourth-order valence-electron chi connectivity index (χ4n) is 3.56. The second-order valence-corrected chi connectivity index (χ2v) is 7.96. The molecule has 2 aromatic heterocycles. The standard InChI is InChI=1S/C23H30N4O2/c1-16(2)14-27-15-19(8-11-23(27)28)25-13-18(12-24)21-9-10-22(26-17(21)3)29-20-6-4-5-7-20/h8-13,15-16,20H,4-7,14,24H2,1-3H3/b18-12+,25-13?. The fourth-order valence-corrected chi connectivity index (χ4v) is 3.56. The zero-order valence-corrected chi connectivity index (χ0v) is 17.5. The van der Waals surface area contributed by atoms with Crippen molar-refractivity contribution in [1.29, 1.82) is 0 Å². The minimum Gasteiger partial charge on any atom is -0.474 e. The van der Waals surface area contributed by atoms with E-state index in [1.807, 2.05) is 19.1 Å². The molecular weight excluding hydrogens is 364 g/mol. The summed E-state index contributed by atoms with van der Waals surface area (Å²) in [5.41, 5.74) is 9.06. The number of rotatable bonds is 7. The molecule has 0 aromatic carbocycles. The number of hydrogen-bond donors (Lipinski definition) is 1. The van der Waals surface area contributed by atoms with Crippen LogP contribution in [0.1, 0.15) is 50.8 Å². The molecule has 0 aliphatic heterocycles. The van der Waals surface area contributed by atoms with E-state index in [2.05, 4.69) is 23.8 Å². The number of nitrogens with two attached hydrogens (primary N) is 1. The van der Waals surface area contributed by atoms with Crippen molar-refractivity contribution in [3.05, 3.63) is 58.3 Å².